The zero-order valence-electron chi connectivity index (χ0n) is 24.0. The lowest BCUT2D eigenvalue weighted by Crippen LogP contribution is -2.62. The molecule has 3 aromatic rings. The summed E-state index contributed by atoms with van der Waals surface area (Å²) in [6, 6.07) is 8.62. The van der Waals surface area contributed by atoms with E-state index in [4.69, 9.17) is 4.74 Å². The molecule has 1 amide bonds. The van der Waals surface area contributed by atoms with Gasteiger partial charge in [0.15, 0.2) is 5.65 Å². The number of carbonyl (C=O) groups is 1. The Kier molecular flexibility index (Phi) is 7.80. The number of fused-ring (bicyclic) bond motifs is 3. The van der Waals surface area contributed by atoms with Gasteiger partial charge in [0.1, 0.15) is 18.8 Å². The van der Waals surface area contributed by atoms with E-state index >= 15 is 0 Å². The minimum Gasteiger partial charge on any atom is -0.378 e. The van der Waals surface area contributed by atoms with Gasteiger partial charge in [-0.2, -0.15) is 5.10 Å². The zero-order valence-corrected chi connectivity index (χ0v) is 24.0. The predicted molar refractivity (Wildman–Crippen MR) is 153 cm³/mol. The van der Waals surface area contributed by atoms with Crippen molar-refractivity contribution in [1.29, 1.82) is 0 Å². The molecule has 0 aliphatic carbocycles. The van der Waals surface area contributed by atoms with Crippen LogP contribution in [0.15, 0.2) is 36.7 Å². The molecular formula is C30H39F2N7O2. The van der Waals surface area contributed by atoms with E-state index in [9.17, 15) is 13.6 Å². The second-order valence-corrected chi connectivity index (χ2v) is 12.3. The summed E-state index contributed by atoms with van der Waals surface area (Å²) in [7, 11) is 0. The number of benzene rings is 1. The third-order valence-electron chi connectivity index (χ3n) is 8.73. The molecule has 2 fully saturated rings. The van der Waals surface area contributed by atoms with Crippen molar-refractivity contribution in [3.63, 3.8) is 0 Å². The Morgan fingerprint density at radius 1 is 1.20 bits per heavy atom. The van der Waals surface area contributed by atoms with E-state index < -0.39 is 6.67 Å². The number of nitrogens with one attached hydrogen (secondary N) is 1. The van der Waals surface area contributed by atoms with Gasteiger partial charge in [-0.05, 0) is 30.7 Å². The molecule has 2 saturated heterocycles. The van der Waals surface area contributed by atoms with Gasteiger partial charge in [-0.1, -0.05) is 26.0 Å². The summed E-state index contributed by atoms with van der Waals surface area (Å²) < 4.78 is 34.6. The molecule has 1 N–H and O–H groups in total. The summed E-state index contributed by atoms with van der Waals surface area (Å²) in [5.41, 5.74) is 4.12. The number of hydrogen-bond donors (Lipinski definition) is 1. The second kappa shape index (κ2) is 11.4. The lowest BCUT2D eigenvalue weighted by atomic mass is 9.90. The van der Waals surface area contributed by atoms with Crippen molar-refractivity contribution in [2.24, 2.45) is 0 Å². The minimum atomic E-state index is -0.438. The molecule has 0 unspecified atom stereocenters. The Morgan fingerprint density at radius 2 is 2.00 bits per heavy atom. The number of morpholine rings is 1. The first-order valence-electron chi connectivity index (χ1n) is 14.5. The highest BCUT2D eigenvalue weighted by molar-refractivity contribution is 5.97. The molecule has 0 bridgehead atoms. The summed E-state index contributed by atoms with van der Waals surface area (Å²) in [6.45, 7) is 10.6. The maximum atomic E-state index is 14.1. The number of alkyl halides is 1. The fraction of sp³-hybridized carbons (Fsp3) is 0.567. The van der Waals surface area contributed by atoms with E-state index in [1.807, 2.05) is 9.42 Å². The average Bonchev–Trinajstić information content (AvgIpc) is 3.54. The smallest absolute Gasteiger partial charge is 0.241 e. The standard InChI is InChI=1S/C30H39F2N7O2/c1-20-14-37(25(13-33-20)15-36-8-9-41-17-24(36)12-31)16-27(40)38-18-30(2,3)28-26(38)11-22(29-34-19-35-39(28)29)10-21-4-6-23(32)7-5-21/h4-7,11,19-20,24-25,33H,8-10,12-18H2,1-3H3/t20-,24-,25-/m1/s1. The topological polar surface area (TPSA) is 78.2 Å². The maximum absolute atomic E-state index is 14.1. The van der Waals surface area contributed by atoms with E-state index in [1.54, 1.807) is 18.5 Å². The summed E-state index contributed by atoms with van der Waals surface area (Å²) in [4.78, 5) is 25.0. The molecule has 5 heterocycles. The summed E-state index contributed by atoms with van der Waals surface area (Å²) >= 11 is 0. The third kappa shape index (κ3) is 5.60. The monoisotopic (exact) mass is 567 g/mol. The van der Waals surface area contributed by atoms with E-state index in [2.05, 4.69) is 52.0 Å². The zero-order chi connectivity index (χ0) is 28.7. The molecule has 0 spiro atoms. The van der Waals surface area contributed by atoms with Crippen molar-refractivity contribution in [2.45, 2.75) is 50.7 Å². The molecule has 3 atom stereocenters. The van der Waals surface area contributed by atoms with E-state index in [0.29, 0.717) is 39.3 Å². The van der Waals surface area contributed by atoms with Crippen LogP contribution in [0.1, 0.15) is 37.6 Å². The summed E-state index contributed by atoms with van der Waals surface area (Å²) in [5.74, 6) is -0.240. The third-order valence-corrected chi connectivity index (χ3v) is 8.73. The molecule has 3 aliphatic rings. The number of halogens is 2. The number of ether oxygens (including phenoxy) is 1. The number of hydrogen-bond acceptors (Lipinski definition) is 7. The molecule has 220 valence electrons. The van der Waals surface area contributed by atoms with Crippen LogP contribution in [0.25, 0.3) is 5.65 Å². The second-order valence-electron chi connectivity index (χ2n) is 12.3. The van der Waals surface area contributed by atoms with Crippen LogP contribution in [0.3, 0.4) is 0 Å². The number of rotatable bonds is 7. The fourth-order valence-corrected chi connectivity index (χ4v) is 6.61. The fourth-order valence-electron chi connectivity index (χ4n) is 6.61. The Morgan fingerprint density at radius 3 is 2.78 bits per heavy atom. The number of pyridine rings is 1. The van der Waals surface area contributed by atoms with Crippen molar-refractivity contribution in [3.8, 4) is 0 Å². The Balaban J connectivity index is 1.27. The molecule has 1 aromatic carbocycles. The van der Waals surface area contributed by atoms with E-state index in [1.165, 1.54) is 12.1 Å². The predicted octanol–water partition coefficient (Wildman–Crippen LogP) is 2.42. The van der Waals surface area contributed by atoms with Crippen LogP contribution >= 0.6 is 0 Å². The molecule has 6 rings (SSSR count). The summed E-state index contributed by atoms with van der Waals surface area (Å²) in [6.07, 6.45) is 2.10. The highest BCUT2D eigenvalue weighted by Gasteiger charge is 2.42. The minimum absolute atomic E-state index is 0.0344. The molecular weight excluding hydrogens is 528 g/mol. The van der Waals surface area contributed by atoms with Crippen LogP contribution in [0.2, 0.25) is 0 Å². The van der Waals surface area contributed by atoms with Gasteiger partial charge in [-0.15, -0.1) is 0 Å². The highest BCUT2D eigenvalue weighted by Crippen LogP contribution is 2.42. The Hall–Kier alpha value is -2.99. The average molecular weight is 568 g/mol. The van der Waals surface area contributed by atoms with Crippen LogP contribution in [0.4, 0.5) is 14.5 Å². The number of aromatic nitrogens is 3. The largest absolute Gasteiger partial charge is 0.378 e. The molecule has 9 nitrogen and oxygen atoms in total. The Bertz CT molecular complexity index is 1400. The van der Waals surface area contributed by atoms with E-state index in [-0.39, 0.29) is 41.8 Å². The first-order chi connectivity index (χ1) is 19.7. The lowest BCUT2D eigenvalue weighted by molar-refractivity contribution is -0.121. The van der Waals surface area contributed by atoms with Crippen molar-refractivity contribution in [1.82, 2.24) is 29.7 Å². The van der Waals surface area contributed by atoms with Crippen molar-refractivity contribution in [3.05, 3.63) is 59.3 Å². The van der Waals surface area contributed by atoms with Gasteiger partial charge in [0, 0.05) is 62.2 Å². The van der Waals surface area contributed by atoms with Gasteiger partial charge in [0.25, 0.3) is 0 Å². The molecule has 3 aliphatic heterocycles. The molecule has 11 heteroatoms. The number of amides is 1. The molecule has 41 heavy (non-hydrogen) atoms. The van der Waals surface area contributed by atoms with Crippen LogP contribution in [-0.2, 0) is 21.4 Å². The molecule has 2 aromatic heterocycles. The van der Waals surface area contributed by atoms with Crippen molar-refractivity contribution in [2.75, 3.05) is 64.1 Å². The van der Waals surface area contributed by atoms with Crippen LogP contribution < -0.4 is 10.2 Å². The van der Waals surface area contributed by atoms with Crippen molar-refractivity contribution < 1.29 is 18.3 Å². The van der Waals surface area contributed by atoms with Gasteiger partial charge in [-0.3, -0.25) is 14.6 Å². The number of piperazine rings is 1. The van der Waals surface area contributed by atoms with Gasteiger partial charge in [0.05, 0.1) is 37.2 Å². The van der Waals surface area contributed by atoms with Gasteiger partial charge in [0.2, 0.25) is 5.91 Å². The van der Waals surface area contributed by atoms with Crippen LogP contribution in [0.5, 0.6) is 0 Å². The number of carbonyl (C=O) groups excluding carboxylic acids is 1. The highest BCUT2D eigenvalue weighted by atomic mass is 19.1. The lowest BCUT2D eigenvalue weighted by Gasteiger charge is -2.44. The van der Waals surface area contributed by atoms with Gasteiger partial charge < -0.3 is 15.0 Å². The van der Waals surface area contributed by atoms with E-state index in [0.717, 1.165) is 41.2 Å². The van der Waals surface area contributed by atoms with Crippen LogP contribution in [-0.4, -0.2) is 108 Å². The molecule has 0 radical (unpaired) electrons. The molecule has 0 saturated carbocycles. The number of nitrogens with zero attached hydrogens (tertiary/aromatic N) is 6. The van der Waals surface area contributed by atoms with Gasteiger partial charge >= 0.3 is 0 Å². The first kappa shape index (κ1) is 28.1. The summed E-state index contributed by atoms with van der Waals surface area (Å²) in [5, 5.41) is 8.10. The van der Waals surface area contributed by atoms with Gasteiger partial charge in [-0.25, -0.2) is 18.3 Å². The van der Waals surface area contributed by atoms with Crippen molar-refractivity contribution >= 4 is 17.2 Å². The van der Waals surface area contributed by atoms with Crippen LogP contribution in [0, 0.1) is 5.82 Å². The first-order valence-corrected chi connectivity index (χ1v) is 14.5. The Labute approximate surface area is 239 Å². The quantitative estimate of drug-likeness (QED) is 0.470. The number of anilines is 1. The SMILES string of the molecule is C[C@@H]1CN(CC(=O)N2CC(C)(C)c3c2cc(Cc2ccc(F)cc2)c2ncnn32)[C@@H](CN2CCOC[C@H]2CF)CN1. The maximum Gasteiger partial charge on any atom is 0.241 e. The normalized spacial score (nSPS) is 25.1.